The van der Waals surface area contributed by atoms with E-state index in [9.17, 15) is 14.4 Å². The summed E-state index contributed by atoms with van der Waals surface area (Å²) in [7, 11) is 0. The van der Waals surface area contributed by atoms with Crippen molar-refractivity contribution in [3.05, 3.63) is 97.2 Å². The average molecular weight is 889 g/mol. The Morgan fingerprint density at radius 3 is 1.11 bits per heavy atom. The molecule has 0 N–H and O–H groups in total. The lowest BCUT2D eigenvalue weighted by atomic mass is 10.1. The topological polar surface area (TPSA) is 78.9 Å². The van der Waals surface area contributed by atoms with E-state index in [1.54, 1.807) is 0 Å². The van der Waals surface area contributed by atoms with Crippen molar-refractivity contribution >= 4 is 17.9 Å². The Kier molecular flexibility index (Phi) is 49.0. The van der Waals surface area contributed by atoms with Crippen LogP contribution in [0.3, 0.4) is 0 Å². The van der Waals surface area contributed by atoms with Gasteiger partial charge in [-0.1, -0.05) is 208 Å². The molecule has 0 radical (unpaired) electrons. The highest BCUT2D eigenvalue weighted by molar-refractivity contribution is 5.71. The van der Waals surface area contributed by atoms with Crippen LogP contribution in [0.2, 0.25) is 0 Å². The lowest BCUT2D eigenvalue weighted by molar-refractivity contribution is -0.166. The highest BCUT2D eigenvalue weighted by atomic mass is 16.6. The molecule has 0 aromatic rings. The summed E-state index contributed by atoms with van der Waals surface area (Å²) in [6, 6.07) is 0. The second-order valence-electron chi connectivity index (χ2n) is 17.0. The smallest absolute Gasteiger partial charge is 0.306 e. The van der Waals surface area contributed by atoms with Gasteiger partial charge in [-0.25, -0.2) is 0 Å². The van der Waals surface area contributed by atoms with Gasteiger partial charge in [0.25, 0.3) is 0 Å². The van der Waals surface area contributed by atoms with E-state index in [0.717, 1.165) is 83.5 Å². The maximum atomic E-state index is 12.8. The third kappa shape index (κ3) is 49.3. The first-order valence-corrected chi connectivity index (χ1v) is 26.2. The molecule has 0 aromatic heterocycles. The molecule has 0 saturated heterocycles. The fraction of sp³-hybridized carbons (Fsp3) is 0.672. The van der Waals surface area contributed by atoms with Crippen molar-refractivity contribution < 1.29 is 28.6 Å². The van der Waals surface area contributed by atoms with E-state index in [2.05, 4.69) is 106 Å². The van der Waals surface area contributed by atoms with E-state index < -0.39 is 6.10 Å². The number of esters is 3. The molecule has 0 aliphatic heterocycles. The lowest BCUT2D eigenvalue weighted by Crippen LogP contribution is -2.30. The molecule has 0 rings (SSSR count). The van der Waals surface area contributed by atoms with Crippen LogP contribution in [0.25, 0.3) is 0 Å². The lowest BCUT2D eigenvalue weighted by Gasteiger charge is -2.18. The third-order valence-electron chi connectivity index (χ3n) is 10.8. The summed E-state index contributed by atoms with van der Waals surface area (Å²) in [5, 5.41) is 0. The van der Waals surface area contributed by atoms with Crippen molar-refractivity contribution in [2.45, 2.75) is 239 Å². The van der Waals surface area contributed by atoms with E-state index in [-0.39, 0.29) is 37.5 Å². The number of hydrogen-bond acceptors (Lipinski definition) is 6. The molecule has 364 valence electrons. The number of unbranched alkanes of at least 4 members (excludes halogenated alkanes) is 19. The zero-order valence-electron chi connectivity index (χ0n) is 41.5. The maximum Gasteiger partial charge on any atom is 0.306 e. The summed E-state index contributed by atoms with van der Waals surface area (Å²) in [6.07, 6.45) is 68.5. The zero-order valence-corrected chi connectivity index (χ0v) is 41.5. The third-order valence-corrected chi connectivity index (χ3v) is 10.8. The number of ether oxygens (including phenoxy) is 3. The van der Waals surface area contributed by atoms with Crippen molar-refractivity contribution in [2.75, 3.05) is 13.2 Å². The van der Waals surface area contributed by atoms with E-state index in [1.165, 1.54) is 96.3 Å². The summed E-state index contributed by atoms with van der Waals surface area (Å²) in [5.41, 5.74) is 0. The SMILES string of the molecule is CC/C=C\C/C=C\C/C=C\C/C=C\C/C=C\C/C=C\CCC(=O)OCC(COC(=O)CCC/C=C\CCCCCC)OC(=O)CCCCCCC/C=C\CCCCCCCCCCC. The Bertz CT molecular complexity index is 1300. The Hall–Kier alpha value is -3.67. The summed E-state index contributed by atoms with van der Waals surface area (Å²) in [5.74, 6) is -1.05. The van der Waals surface area contributed by atoms with Gasteiger partial charge in [-0.05, 0) is 103 Å². The Labute approximate surface area is 394 Å². The van der Waals surface area contributed by atoms with Crippen LogP contribution in [0.1, 0.15) is 233 Å². The van der Waals surface area contributed by atoms with Crippen LogP contribution in [0, 0.1) is 0 Å². The minimum atomic E-state index is -0.823. The zero-order chi connectivity index (χ0) is 46.5. The number of carbonyl (C=O) groups excluding carboxylic acids is 3. The highest BCUT2D eigenvalue weighted by Gasteiger charge is 2.19. The molecule has 1 unspecified atom stereocenters. The Morgan fingerprint density at radius 1 is 0.328 bits per heavy atom. The molecular formula is C58H96O6. The second kappa shape index (κ2) is 52.0. The molecule has 0 spiro atoms. The van der Waals surface area contributed by atoms with Crippen molar-refractivity contribution in [3.63, 3.8) is 0 Å². The number of carbonyl (C=O) groups is 3. The molecule has 0 aliphatic rings. The van der Waals surface area contributed by atoms with E-state index in [4.69, 9.17) is 14.2 Å². The van der Waals surface area contributed by atoms with Gasteiger partial charge in [-0.15, -0.1) is 0 Å². The van der Waals surface area contributed by atoms with Gasteiger partial charge in [0.1, 0.15) is 13.2 Å². The monoisotopic (exact) mass is 889 g/mol. The Balaban J connectivity index is 4.47. The molecule has 0 bridgehead atoms. The van der Waals surface area contributed by atoms with Crippen molar-refractivity contribution in [3.8, 4) is 0 Å². The van der Waals surface area contributed by atoms with Gasteiger partial charge in [0.05, 0.1) is 0 Å². The minimum absolute atomic E-state index is 0.120. The predicted molar refractivity (Wildman–Crippen MR) is 274 cm³/mol. The molecule has 6 nitrogen and oxygen atoms in total. The van der Waals surface area contributed by atoms with E-state index in [1.807, 2.05) is 12.2 Å². The summed E-state index contributed by atoms with van der Waals surface area (Å²) >= 11 is 0. The summed E-state index contributed by atoms with van der Waals surface area (Å²) in [6.45, 7) is 6.38. The van der Waals surface area contributed by atoms with Crippen molar-refractivity contribution in [2.24, 2.45) is 0 Å². The molecule has 1 atom stereocenters. The molecule has 0 amide bonds. The average Bonchev–Trinajstić information content (AvgIpc) is 3.29. The van der Waals surface area contributed by atoms with Gasteiger partial charge >= 0.3 is 17.9 Å². The van der Waals surface area contributed by atoms with Crippen LogP contribution in [0.5, 0.6) is 0 Å². The number of allylic oxidation sites excluding steroid dienone is 16. The molecule has 0 aromatic carbocycles. The second-order valence-corrected chi connectivity index (χ2v) is 17.0. The van der Waals surface area contributed by atoms with Crippen LogP contribution in [0.4, 0.5) is 0 Å². The van der Waals surface area contributed by atoms with Crippen LogP contribution < -0.4 is 0 Å². The van der Waals surface area contributed by atoms with Gasteiger partial charge in [0.2, 0.25) is 0 Å². The van der Waals surface area contributed by atoms with E-state index >= 15 is 0 Å². The molecule has 0 fully saturated rings. The number of hydrogen-bond donors (Lipinski definition) is 0. The molecule has 64 heavy (non-hydrogen) atoms. The minimum Gasteiger partial charge on any atom is -0.462 e. The van der Waals surface area contributed by atoms with Crippen LogP contribution in [0.15, 0.2) is 97.2 Å². The maximum absolute atomic E-state index is 12.8. The fourth-order valence-electron chi connectivity index (χ4n) is 6.88. The molecule has 0 aliphatic carbocycles. The summed E-state index contributed by atoms with van der Waals surface area (Å²) < 4.78 is 16.7. The first kappa shape index (κ1) is 60.3. The van der Waals surface area contributed by atoms with Gasteiger partial charge < -0.3 is 14.2 Å². The normalized spacial score (nSPS) is 12.9. The molecule has 6 heteroatoms. The first-order chi connectivity index (χ1) is 31.5. The fourth-order valence-corrected chi connectivity index (χ4v) is 6.88. The van der Waals surface area contributed by atoms with Crippen LogP contribution >= 0.6 is 0 Å². The van der Waals surface area contributed by atoms with Gasteiger partial charge in [0, 0.05) is 19.3 Å². The highest BCUT2D eigenvalue weighted by Crippen LogP contribution is 2.13. The molecular weight excluding hydrogens is 793 g/mol. The van der Waals surface area contributed by atoms with E-state index in [0.29, 0.717) is 25.7 Å². The quantitative estimate of drug-likeness (QED) is 0.0262. The molecule has 0 heterocycles. The summed E-state index contributed by atoms with van der Waals surface area (Å²) in [4.78, 5) is 37.9. The van der Waals surface area contributed by atoms with Gasteiger partial charge in [0.15, 0.2) is 6.10 Å². The predicted octanol–water partition coefficient (Wildman–Crippen LogP) is 17.4. The largest absolute Gasteiger partial charge is 0.462 e. The Morgan fingerprint density at radius 2 is 0.656 bits per heavy atom. The van der Waals surface area contributed by atoms with Gasteiger partial charge in [-0.3, -0.25) is 14.4 Å². The number of rotatable bonds is 46. The van der Waals surface area contributed by atoms with Crippen molar-refractivity contribution in [1.29, 1.82) is 0 Å². The van der Waals surface area contributed by atoms with Gasteiger partial charge in [-0.2, -0.15) is 0 Å². The molecule has 0 saturated carbocycles. The van der Waals surface area contributed by atoms with Crippen molar-refractivity contribution in [1.82, 2.24) is 0 Å². The standard InChI is InChI=1S/C58H96O6/c1-4-7-10-13-16-19-21-23-25-27-29-31-32-34-36-39-42-45-48-51-57(60)63-54-55(53-62-56(59)50-47-44-41-38-18-15-12-9-6-3)64-58(61)52-49-46-43-40-37-35-33-30-28-26-24-22-20-17-14-11-8-5-2/h7,10,16,19,23,25,29-31,33-34,36,38,41-42,45,55H,4-6,8-9,11-15,17-18,20-22,24,26-28,32,35,37,39-40,43-44,46-54H2,1-3H3/b10-7-,19-16-,25-23-,31-29-,33-30-,36-34-,41-38-,45-42-. The first-order valence-electron chi connectivity index (χ1n) is 26.2. The van der Waals surface area contributed by atoms with Crippen LogP contribution in [-0.4, -0.2) is 37.2 Å². The van der Waals surface area contributed by atoms with Crippen LogP contribution in [-0.2, 0) is 28.6 Å².